The number of methoxy groups -OCH3 is 1. The maximum absolute atomic E-state index is 16.3. The quantitative estimate of drug-likeness (QED) is 0.189. The zero-order valence-electron chi connectivity index (χ0n) is 29.0. The van der Waals surface area contributed by atoms with Crippen LogP contribution in [0.1, 0.15) is 78.6 Å². The SMILES string of the molecule is COc1c(F)ccc(F)c1-c1c(F)cc2c(N3CCN(C(=O)OC(C)(C)C)C[C@@H]3C)nc(=O)n(-c3c(C(C)C)ncnc3C(C)C)c2[n+]1[O-]. The molecule has 12 nitrogen and oxygen atoms in total. The van der Waals surface area contributed by atoms with Gasteiger partial charge in [-0.2, -0.15) is 4.98 Å². The van der Waals surface area contributed by atoms with Gasteiger partial charge >= 0.3 is 17.4 Å². The van der Waals surface area contributed by atoms with Crippen LogP contribution in [0.4, 0.5) is 23.8 Å². The number of piperazine rings is 1. The molecule has 1 saturated heterocycles. The number of halogens is 3. The summed E-state index contributed by atoms with van der Waals surface area (Å²) in [6.45, 7) is 15.0. The Morgan fingerprint density at radius 1 is 1.02 bits per heavy atom. The van der Waals surface area contributed by atoms with Crippen LogP contribution in [0.3, 0.4) is 0 Å². The summed E-state index contributed by atoms with van der Waals surface area (Å²) in [6.07, 6.45) is 0.844. The number of benzene rings is 1. The third-order valence-corrected chi connectivity index (χ3v) is 8.23. The van der Waals surface area contributed by atoms with Gasteiger partial charge in [-0.1, -0.05) is 27.7 Å². The molecule has 1 aromatic carbocycles. The lowest BCUT2D eigenvalue weighted by Crippen LogP contribution is -2.55. The van der Waals surface area contributed by atoms with Crippen molar-refractivity contribution in [3.63, 3.8) is 0 Å². The lowest BCUT2D eigenvalue weighted by atomic mass is 10.0. The summed E-state index contributed by atoms with van der Waals surface area (Å²) in [6, 6.07) is 2.06. The predicted octanol–water partition coefficient (Wildman–Crippen LogP) is 5.59. The Bertz CT molecular complexity index is 1970. The Morgan fingerprint density at radius 2 is 1.63 bits per heavy atom. The molecule has 0 radical (unpaired) electrons. The average molecular weight is 684 g/mol. The van der Waals surface area contributed by atoms with Crippen LogP contribution in [0, 0.1) is 22.7 Å². The van der Waals surface area contributed by atoms with E-state index in [0.29, 0.717) is 11.4 Å². The smallest absolute Gasteiger partial charge is 0.442 e. The molecule has 1 fully saturated rings. The van der Waals surface area contributed by atoms with Gasteiger partial charge in [0, 0.05) is 25.7 Å². The van der Waals surface area contributed by atoms with Crippen LogP contribution in [0.15, 0.2) is 29.3 Å². The van der Waals surface area contributed by atoms with Gasteiger partial charge in [0.15, 0.2) is 34.6 Å². The molecule has 0 bridgehead atoms. The van der Waals surface area contributed by atoms with Crippen molar-refractivity contribution in [3.05, 3.63) is 69.1 Å². The number of aromatic nitrogens is 5. The van der Waals surface area contributed by atoms with E-state index in [0.717, 1.165) is 29.9 Å². The molecule has 1 aliphatic rings. The third-order valence-electron chi connectivity index (χ3n) is 8.23. The zero-order chi connectivity index (χ0) is 36.1. The van der Waals surface area contributed by atoms with Crippen LogP contribution in [-0.4, -0.2) is 68.9 Å². The van der Waals surface area contributed by atoms with Gasteiger partial charge in [0.25, 0.3) is 0 Å². The van der Waals surface area contributed by atoms with Gasteiger partial charge in [-0.25, -0.2) is 37.5 Å². The summed E-state index contributed by atoms with van der Waals surface area (Å²) in [5.41, 5.74) is -2.68. The first-order chi connectivity index (χ1) is 23.0. The Balaban J connectivity index is 1.85. The van der Waals surface area contributed by atoms with Crippen LogP contribution in [0.25, 0.3) is 28.0 Å². The molecule has 0 aliphatic carbocycles. The van der Waals surface area contributed by atoms with Crippen LogP contribution in [-0.2, 0) is 4.74 Å². The minimum atomic E-state index is -1.21. The first-order valence-corrected chi connectivity index (χ1v) is 16.0. The molecule has 1 amide bonds. The largest absolute Gasteiger partial charge is 0.710 e. The van der Waals surface area contributed by atoms with Gasteiger partial charge in [-0.3, -0.25) is 0 Å². The van der Waals surface area contributed by atoms with Gasteiger partial charge in [0.1, 0.15) is 28.7 Å². The molecule has 1 atom stereocenters. The molecular formula is C34H40F3N7O5. The number of ether oxygens (including phenoxy) is 2. The van der Waals surface area contributed by atoms with Gasteiger partial charge in [-0.05, 0) is 57.7 Å². The summed E-state index contributed by atoms with van der Waals surface area (Å²) in [4.78, 5) is 43.6. The highest BCUT2D eigenvalue weighted by molar-refractivity contribution is 5.88. The number of hydrogen-bond acceptors (Lipinski definition) is 9. The second-order valence-electron chi connectivity index (χ2n) is 13.6. The third kappa shape index (κ3) is 6.45. The fraction of sp³-hybridized carbons (Fsp3) is 0.471. The molecule has 0 saturated carbocycles. The molecule has 0 N–H and O–H groups in total. The van der Waals surface area contributed by atoms with E-state index in [1.54, 1.807) is 32.6 Å². The molecule has 0 spiro atoms. The first kappa shape index (κ1) is 35.4. The van der Waals surface area contributed by atoms with Crippen LogP contribution >= 0.6 is 0 Å². The lowest BCUT2D eigenvalue weighted by molar-refractivity contribution is -0.569. The summed E-state index contributed by atoms with van der Waals surface area (Å²) in [5, 5.41) is 14.5. The normalized spacial score (nSPS) is 15.4. The van der Waals surface area contributed by atoms with Crippen molar-refractivity contribution in [2.45, 2.75) is 78.9 Å². The molecule has 15 heteroatoms. The monoisotopic (exact) mass is 683 g/mol. The number of fused-ring (bicyclic) bond motifs is 1. The van der Waals surface area contributed by atoms with E-state index in [1.807, 2.05) is 27.7 Å². The molecule has 1 aliphatic heterocycles. The number of nitrogens with zero attached hydrogens (tertiary/aromatic N) is 7. The Hall–Kier alpha value is -4.95. The molecule has 3 aromatic heterocycles. The maximum Gasteiger partial charge on any atom is 0.442 e. The standard InChI is InChI=1S/C34H40F3N7O5/c1-17(2)25-28(26(18(3)4)39-16-38-25)43-31-20(14-23(37)27(44(31)47)24-21(35)10-11-22(36)29(24)48-9)30(40-32(43)45)42-13-12-41(15-19(42)5)33(46)49-34(6,7)8/h10-11,14,16-19H,12-13,15H2,1-9H3/t19-/m0/s1. The number of carbonyl (C=O) groups excluding carboxylic acids is 1. The molecule has 4 aromatic rings. The fourth-order valence-corrected chi connectivity index (χ4v) is 6.08. The molecule has 262 valence electrons. The highest BCUT2D eigenvalue weighted by atomic mass is 19.1. The minimum Gasteiger partial charge on any atom is -0.710 e. The number of amides is 1. The molecule has 5 rings (SSSR count). The van der Waals surface area contributed by atoms with Crippen molar-refractivity contribution in [2.75, 3.05) is 31.6 Å². The van der Waals surface area contributed by atoms with E-state index >= 15 is 8.78 Å². The summed E-state index contributed by atoms with van der Waals surface area (Å²) in [5.74, 6) is -4.60. The zero-order valence-corrected chi connectivity index (χ0v) is 29.0. The Kier molecular flexibility index (Phi) is 9.50. The number of pyridine rings is 1. The van der Waals surface area contributed by atoms with E-state index in [4.69, 9.17) is 9.47 Å². The van der Waals surface area contributed by atoms with E-state index < -0.39 is 63.5 Å². The summed E-state index contributed by atoms with van der Waals surface area (Å²) in [7, 11) is 1.07. The molecule has 0 unspecified atom stereocenters. The number of carbonyl (C=O) groups is 1. The van der Waals surface area contributed by atoms with Crippen LogP contribution < -0.4 is 20.1 Å². The van der Waals surface area contributed by atoms with Crippen molar-refractivity contribution in [3.8, 4) is 22.7 Å². The molecule has 4 heterocycles. The average Bonchev–Trinajstić information content (AvgIpc) is 3.01. The highest BCUT2D eigenvalue weighted by Gasteiger charge is 2.37. The maximum atomic E-state index is 16.3. The van der Waals surface area contributed by atoms with Crippen molar-refractivity contribution in [1.82, 2.24) is 24.4 Å². The second kappa shape index (κ2) is 13.2. The van der Waals surface area contributed by atoms with Gasteiger partial charge in [0.2, 0.25) is 0 Å². The Labute approximate surface area is 281 Å². The van der Waals surface area contributed by atoms with Crippen LogP contribution in [0.5, 0.6) is 5.75 Å². The molecular weight excluding hydrogens is 643 g/mol. The highest BCUT2D eigenvalue weighted by Crippen LogP contribution is 2.38. The number of anilines is 1. The van der Waals surface area contributed by atoms with Crippen molar-refractivity contribution < 1.29 is 32.2 Å². The van der Waals surface area contributed by atoms with Gasteiger partial charge in [-0.15, -0.1) is 4.57 Å². The topological polar surface area (TPSA) is 130 Å². The van der Waals surface area contributed by atoms with E-state index in [2.05, 4.69) is 15.0 Å². The number of hydrogen-bond donors (Lipinski definition) is 0. The van der Waals surface area contributed by atoms with Crippen molar-refractivity contribution in [2.24, 2.45) is 0 Å². The first-order valence-electron chi connectivity index (χ1n) is 16.0. The summed E-state index contributed by atoms with van der Waals surface area (Å²) < 4.78 is 58.3. The van der Waals surface area contributed by atoms with Crippen LogP contribution in [0.2, 0.25) is 0 Å². The van der Waals surface area contributed by atoms with Gasteiger partial charge < -0.3 is 24.5 Å². The predicted molar refractivity (Wildman–Crippen MR) is 177 cm³/mol. The summed E-state index contributed by atoms with van der Waals surface area (Å²) >= 11 is 0. The van der Waals surface area contributed by atoms with Gasteiger partial charge in [0.05, 0.1) is 18.5 Å². The Morgan fingerprint density at radius 3 is 2.18 bits per heavy atom. The molecule has 49 heavy (non-hydrogen) atoms. The second-order valence-corrected chi connectivity index (χ2v) is 13.6. The fourth-order valence-electron chi connectivity index (χ4n) is 6.08. The van der Waals surface area contributed by atoms with Crippen molar-refractivity contribution in [1.29, 1.82) is 0 Å². The minimum absolute atomic E-state index is 0.0247. The lowest BCUT2D eigenvalue weighted by Gasteiger charge is -2.40. The van der Waals surface area contributed by atoms with E-state index in [9.17, 15) is 19.2 Å². The van der Waals surface area contributed by atoms with E-state index in [1.165, 1.54) is 11.2 Å². The number of rotatable bonds is 6. The van der Waals surface area contributed by atoms with Crippen molar-refractivity contribution >= 4 is 22.9 Å². The van der Waals surface area contributed by atoms with E-state index in [-0.39, 0.29) is 53.1 Å².